The number of aromatic amines is 1. The first-order valence-corrected chi connectivity index (χ1v) is 9.33. The van der Waals surface area contributed by atoms with Crippen LogP contribution in [0.1, 0.15) is 27.7 Å². The third-order valence-corrected chi connectivity index (χ3v) is 3.75. The Morgan fingerprint density at radius 2 is 1.22 bits per heavy atom. The lowest BCUT2D eigenvalue weighted by atomic mass is 10.0. The molecule has 0 unspecified atom stereocenters. The van der Waals surface area contributed by atoms with Gasteiger partial charge in [0.25, 0.3) is 0 Å². The van der Waals surface area contributed by atoms with Crippen molar-refractivity contribution in [2.24, 2.45) is 0 Å². The molecule has 0 saturated carbocycles. The summed E-state index contributed by atoms with van der Waals surface area (Å²) in [6.07, 6.45) is 1.75. The highest BCUT2D eigenvalue weighted by Gasteiger charge is 2.12. The van der Waals surface area contributed by atoms with E-state index in [9.17, 15) is 4.79 Å². The third kappa shape index (κ3) is 4.47. The van der Waals surface area contributed by atoms with Crippen molar-refractivity contribution in [3.05, 3.63) is 83.4 Å². The average Bonchev–Trinajstić information content (AvgIpc) is 2.77. The SMILES string of the molecule is CC.CC.O=c1nc(-c2ccccc2)c2ccnc(-c3ccccc3)c2[nH]1. The number of pyridine rings is 1. The van der Waals surface area contributed by atoms with Crippen LogP contribution in [0, 0.1) is 0 Å². The van der Waals surface area contributed by atoms with E-state index >= 15 is 0 Å². The van der Waals surface area contributed by atoms with Crippen molar-refractivity contribution < 1.29 is 0 Å². The first-order valence-electron chi connectivity index (χ1n) is 9.33. The van der Waals surface area contributed by atoms with Crippen LogP contribution in [-0.4, -0.2) is 15.0 Å². The highest BCUT2D eigenvalue weighted by atomic mass is 16.1. The first-order chi connectivity index (χ1) is 13.3. The van der Waals surface area contributed by atoms with E-state index in [4.69, 9.17) is 0 Å². The number of aromatic nitrogens is 3. The van der Waals surface area contributed by atoms with Crippen molar-refractivity contribution in [1.82, 2.24) is 15.0 Å². The van der Waals surface area contributed by atoms with Crippen LogP contribution >= 0.6 is 0 Å². The molecule has 1 N–H and O–H groups in total. The third-order valence-electron chi connectivity index (χ3n) is 3.75. The van der Waals surface area contributed by atoms with E-state index in [-0.39, 0.29) is 5.69 Å². The van der Waals surface area contributed by atoms with Gasteiger partial charge in [-0.2, -0.15) is 4.98 Å². The number of nitrogens with zero attached hydrogens (tertiary/aromatic N) is 2. The molecule has 2 heterocycles. The number of hydrogen-bond donors (Lipinski definition) is 1. The largest absolute Gasteiger partial charge is 0.346 e. The van der Waals surface area contributed by atoms with E-state index < -0.39 is 0 Å². The first kappa shape index (κ1) is 20.0. The summed E-state index contributed by atoms with van der Waals surface area (Å²) >= 11 is 0. The van der Waals surface area contributed by atoms with Gasteiger partial charge in [0.1, 0.15) is 0 Å². The molecule has 138 valence electrons. The summed E-state index contributed by atoms with van der Waals surface area (Å²) in [5, 5.41) is 0.879. The second kappa shape index (κ2) is 10.0. The van der Waals surface area contributed by atoms with Gasteiger partial charge >= 0.3 is 5.69 Å². The Labute approximate surface area is 160 Å². The molecule has 4 rings (SSSR count). The zero-order chi connectivity index (χ0) is 19.6. The fourth-order valence-corrected chi connectivity index (χ4v) is 2.71. The second-order valence-electron chi connectivity index (χ2n) is 5.20. The van der Waals surface area contributed by atoms with Crippen molar-refractivity contribution >= 4 is 10.9 Å². The van der Waals surface area contributed by atoms with Crippen molar-refractivity contribution in [1.29, 1.82) is 0 Å². The Hall–Kier alpha value is -3.27. The summed E-state index contributed by atoms with van der Waals surface area (Å²) in [5.41, 5.74) is 3.62. The zero-order valence-electron chi connectivity index (χ0n) is 16.2. The molecule has 4 heteroatoms. The van der Waals surface area contributed by atoms with Crippen molar-refractivity contribution in [2.75, 3.05) is 0 Å². The molecule has 0 fully saturated rings. The van der Waals surface area contributed by atoms with Crippen molar-refractivity contribution in [3.63, 3.8) is 0 Å². The molecule has 0 aliphatic carbocycles. The number of H-pyrrole nitrogens is 1. The van der Waals surface area contributed by atoms with Gasteiger partial charge in [0, 0.05) is 22.7 Å². The lowest BCUT2D eigenvalue weighted by Gasteiger charge is -2.09. The summed E-state index contributed by atoms with van der Waals surface area (Å²) in [4.78, 5) is 23.5. The standard InChI is InChI=1S/C19H13N3O.2C2H6/c23-19-21-16(13-7-3-1-4-8-13)15-11-12-20-17(18(15)22-19)14-9-5-2-6-10-14;2*1-2/h1-12H,(H,21,22,23);2*1-2H3. The highest BCUT2D eigenvalue weighted by Crippen LogP contribution is 2.29. The minimum absolute atomic E-state index is 0.374. The van der Waals surface area contributed by atoms with Gasteiger partial charge in [0.15, 0.2) is 0 Å². The quantitative estimate of drug-likeness (QED) is 0.499. The maximum atomic E-state index is 12.1. The molecule has 0 saturated heterocycles. The highest BCUT2D eigenvalue weighted by molar-refractivity contribution is 5.98. The van der Waals surface area contributed by atoms with E-state index in [1.54, 1.807) is 6.20 Å². The fourth-order valence-electron chi connectivity index (χ4n) is 2.71. The molecule has 0 radical (unpaired) electrons. The van der Waals surface area contributed by atoms with Crippen LogP contribution in [0.5, 0.6) is 0 Å². The number of fused-ring (bicyclic) bond motifs is 1. The number of hydrogen-bond acceptors (Lipinski definition) is 3. The summed E-state index contributed by atoms with van der Waals surface area (Å²) in [6.45, 7) is 8.00. The lowest BCUT2D eigenvalue weighted by Crippen LogP contribution is -2.12. The minimum Gasteiger partial charge on any atom is -0.303 e. The Bertz CT molecular complexity index is 1030. The van der Waals surface area contributed by atoms with Crippen molar-refractivity contribution in [2.45, 2.75) is 27.7 Å². The molecular formula is C23H25N3O. The predicted molar refractivity (Wildman–Crippen MR) is 114 cm³/mol. The number of benzene rings is 2. The maximum absolute atomic E-state index is 12.1. The van der Waals surface area contributed by atoms with Crippen LogP contribution in [0.25, 0.3) is 33.4 Å². The molecule has 2 aromatic carbocycles. The molecule has 0 aliphatic rings. The average molecular weight is 359 g/mol. The lowest BCUT2D eigenvalue weighted by molar-refractivity contribution is 1.12. The van der Waals surface area contributed by atoms with E-state index in [1.807, 2.05) is 94.4 Å². The van der Waals surface area contributed by atoms with E-state index in [1.165, 1.54) is 0 Å². The van der Waals surface area contributed by atoms with Gasteiger partial charge in [-0.05, 0) is 6.07 Å². The second-order valence-corrected chi connectivity index (χ2v) is 5.20. The van der Waals surface area contributed by atoms with Gasteiger partial charge in [-0.3, -0.25) is 4.98 Å². The normalized spacial score (nSPS) is 9.63. The minimum atomic E-state index is -0.374. The molecule has 0 spiro atoms. The fraction of sp³-hybridized carbons (Fsp3) is 0.174. The summed E-state index contributed by atoms with van der Waals surface area (Å²) in [5.74, 6) is 0. The topological polar surface area (TPSA) is 58.6 Å². The van der Waals surface area contributed by atoms with Crippen molar-refractivity contribution in [3.8, 4) is 22.5 Å². The van der Waals surface area contributed by atoms with Crippen LogP contribution in [-0.2, 0) is 0 Å². The Morgan fingerprint density at radius 1 is 0.704 bits per heavy atom. The Balaban J connectivity index is 0.000000614. The Morgan fingerprint density at radius 3 is 1.78 bits per heavy atom. The molecule has 0 amide bonds. The van der Waals surface area contributed by atoms with Crippen LogP contribution in [0.3, 0.4) is 0 Å². The number of rotatable bonds is 2. The monoisotopic (exact) mass is 359 g/mol. The summed E-state index contributed by atoms with van der Waals surface area (Å²) in [6, 6.07) is 21.4. The van der Waals surface area contributed by atoms with Gasteiger partial charge in [-0.1, -0.05) is 88.4 Å². The van der Waals surface area contributed by atoms with Crippen LogP contribution in [0.2, 0.25) is 0 Å². The van der Waals surface area contributed by atoms with E-state index in [0.717, 1.165) is 22.2 Å². The van der Waals surface area contributed by atoms with Gasteiger partial charge < -0.3 is 4.98 Å². The molecule has 0 aliphatic heterocycles. The summed E-state index contributed by atoms with van der Waals surface area (Å²) < 4.78 is 0. The van der Waals surface area contributed by atoms with E-state index in [0.29, 0.717) is 11.2 Å². The van der Waals surface area contributed by atoms with Gasteiger partial charge in [-0.15, -0.1) is 0 Å². The van der Waals surface area contributed by atoms with Crippen LogP contribution in [0.15, 0.2) is 77.7 Å². The summed E-state index contributed by atoms with van der Waals surface area (Å²) in [7, 11) is 0. The van der Waals surface area contributed by atoms with Crippen LogP contribution in [0.4, 0.5) is 0 Å². The van der Waals surface area contributed by atoms with Gasteiger partial charge in [0.2, 0.25) is 0 Å². The smallest absolute Gasteiger partial charge is 0.303 e. The van der Waals surface area contributed by atoms with Gasteiger partial charge in [0.05, 0.1) is 16.9 Å². The van der Waals surface area contributed by atoms with Crippen LogP contribution < -0.4 is 5.69 Å². The van der Waals surface area contributed by atoms with Gasteiger partial charge in [-0.25, -0.2) is 4.79 Å². The molecule has 4 aromatic rings. The van der Waals surface area contributed by atoms with E-state index in [2.05, 4.69) is 15.0 Å². The molecule has 4 nitrogen and oxygen atoms in total. The molecule has 27 heavy (non-hydrogen) atoms. The zero-order valence-corrected chi connectivity index (χ0v) is 16.2. The predicted octanol–water partition coefficient (Wildman–Crippen LogP) is 5.70. The molecular weight excluding hydrogens is 334 g/mol. The molecule has 2 aromatic heterocycles. The molecule has 0 atom stereocenters. The Kier molecular flexibility index (Phi) is 7.44. The molecule has 0 bridgehead atoms. The number of nitrogens with one attached hydrogen (secondary N) is 1. The maximum Gasteiger partial charge on any atom is 0.346 e.